The monoisotopic (exact) mass is 428 g/mol. The molecular weight excluding hydrogens is 399 g/mol. The number of carbonyl (C=O) groups is 2. The molecule has 1 aromatic carbocycles. The molecule has 0 spiro atoms. The van der Waals surface area contributed by atoms with E-state index in [2.05, 4.69) is 10.2 Å². The molecule has 2 saturated heterocycles. The molecule has 1 aromatic heterocycles. The molecule has 166 valence electrons. The van der Waals surface area contributed by atoms with Crippen LogP contribution in [-0.4, -0.2) is 64.6 Å². The molecule has 1 N–H and O–H groups in total. The van der Waals surface area contributed by atoms with Crippen LogP contribution in [0.1, 0.15) is 60.5 Å². The van der Waals surface area contributed by atoms with Gasteiger partial charge in [-0.2, -0.15) is 5.10 Å². The van der Waals surface area contributed by atoms with E-state index < -0.39 is 0 Å². The summed E-state index contributed by atoms with van der Waals surface area (Å²) in [5.41, 5.74) is 1.47. The quantitative estimate of drug-likeness (QED) is 0.765. The number of amides is 2. The van der Waals surface area contributed by atoms with Gasteiger partial charge in [0.25, 0.3) is 5.91 Å². The zero-order valence-electron chi connectivity index (χ0n) is 17.7. The Labute approximate surface area is 181 Å². The first-order valence-electron chi connectivity index (χ1n) is 11.1. The van der Waals surface area contributed by atoms with Gasteiger partial charge >= 0.3 is 0 Å². The maximum absolute atomic E-state index is 13.2. The van der Waals surface area contributed by atoms with Crippen LogP contribution in [-0.2, 0) is 4.79 Å². The fraction of sp³-hybridized carbons (Fsp3) is 0.522. The number of piperidine rings is 2. The number of nitrogens with zero attached hydrogens (tertiary/aromatic N) is 3. The molecule has 0 saturated carbocycles. The molecule has 2 fully saturated rings. The van der Waals surface area contributed by atoms with Gasteiger partial charge in [0.05, 0.1) is 30.5 Å². The van der Waals surface area contributed by atoms with Gasteiger partial charge in [-0.15, -0.1) is 0 Å². The van der Waals surface area contributed by atoms with Crippen molar-refractivity contribution in [3.05, 3.63) is 47.5 Å². The molecule has 31 heavy (non-hydrogen) atoms. The molecule has 0 bridgehead atoms. The zero-order valence-corrected chi connectivity index (χ0v) is 17.7. The van der Waals surface area contributed by atoms with E-state index >= 15 is 0 Å². The Bertz CT molecular complexity index is 910. The first-order valence-corrected chi connectivity index (χ1v) is 11.1. The van der Waals surface area contributed by atoms with Gasteiger partial charge in [-0.05, 0) is 44.2 Å². The Kier molecular flexibility index (Phi) is 6.84. The smallest absolute Gasteiger partial charge is 0.257 e. The maximum atomic E-state index is 13.2. The second kappa shape index (κ2) is 9.94. The number of aromatic nitrogens is 2. The predicted molar refractivity (Wildman–Crippen MR) is 113 cm³/mol. The Morgan fingerprint density at radius 1 is 1.13 bits per heavy atom. The van der Waals surface area contributed by atoms with E-state index in [0.717, 1.165) is 44.5 Å². The average Bonchev–Trinajstić information content (AvgIpc) is 3.29. The fourth-order valence-corrected chi connectivity index (χ4v) is 4.46. The molecule has 8 heteroatoms. The molecule has 2 aromatic rings. The summed E-state index contributed by atoms with van der Waals surface area (Å²) >= 11 is 0. The van der Waals surface area contributed by atoms with Crippen molar-refractivity contribution in [2.24, 2.45) is 0 Å². The van der Waals surface area contributed by atoms with Crippen LogP contribution in [0, 0.1) is 5.82 Å². The Hall–Kier alpha value is -2.90. The molecule has 2 amide bonds. The summed E-state index contributed by atoms with van der Waals surface area (Å²) in [7, 11) is 0. The third-order valence-electron chi connectivity index (χ3n) is 6.11. The van der Waals surface area contributed by atoms with Crippen molar-refractivity contribution in [2.75, 3.05) is 32.8 Å². The van der Waals surface area contributed by atoms with Gasteiger partial charge in [-0.25, -0.2) is 4.39 Å². The van der Waals surface area contributed by atoms with Gasteiger partial charge in [-0.3, -0.25) is 14.7 Å². The van der Waals surface area contributed by atoms with Crippen LogP contribution in [0.3, 0.4) is 0 Å². The number of likely N-dealkylation sites (tertiary alicyclic amines) is 2. The summed E-state index contributed by atoms with van der Waals surface area (Å²) in [6.07, 6.45) is 6.89. The Balaban J connectivity index is 1.34. The van der Waals surface area contributed by atoms with Crippen LogP contribution in [0.5, 0.6) is 5.75 Å². The van der Waals surface area contributed by atoms with E-state index in [0.29, 0.717) is 24.4 Å². The summed E-state index contributed by atoms with van der Waals surface area (Å²) in [4.78, 5) is 29.4. The van der Waals surface area contributed by atoms with Gasteiger partial charge < -0.3 is 14.5 Å². The third-order valence-corrected chi connectivity index (χ3v) is 6.11. The first kappa shape index (κ1) is 21.3. The second-order valence-electron chi connectivity index (χ2n) is 8.28. The van der Waals surface area contributed by atoms with Crippen LogP contribution < -0.4 is 4.74 Å². The molecule has 3 heterocycles. The van der Waals surface area contributed by atoms with Crippen LogP contribution in [0.25, 0.3) is 0 Å². The first-order chi connectivity index (χ1) is 15.1. The average molecular weight is 429 g/mol. The largest absolute Gasteiger partial charge is 0.493 e. The molecule has 7 nitrogen and oxygen atoms in total. The van der Waals surface area contributed by atoms with Crippen molar-refractivity contribution < 1.29 is 18.7 Å². The number of benzene rings is 1. The van der Waals surface area contributed by atoms with Gasteiger partial charge in [0, 0.05) is 38.2 Å². The van der Waals surface area contributed by atoms with Crippen molar-refractivity contribution >= 4 is 11.8 Å². The van der Waals surface area contributed by atoms with Gasteiger partial charge in [-0.1, -0.05) is 6.07 Å². The Morgan fingerprint density at radius 2 is 1.94 bits per heavy atom. The van der Waals surface area contributed by atoms with Crippen molar-refractivity contribution in [2.45, 2.75) is 44.4 Å². The topological polar surface area (TPSA) is 78.5 Å². The van der Waals surface area contributed by atoms with Gasteiger partial charge in [0.15, 0.2) is 0 Å². The van der Waals surface area contributed by atoms with Crippen LogP contribution >= 0.6 is 0 Å². The highest BCUT2D eigenvalue weighted by Crippen LogP contribution is 2.29. The molecule has 0 radical (unpaired) electrons. The minimum atomic E-state index is -0.364. The number of rotatable bonds is 6. The summed E-state index contributed by atoms with van der Waals surface area (Å²) < 4.78 is 18.8. The van der Waals surface area contributed by atoms with E-state index in [1.165, 1.54) is 18.6 Å². The summed E-state index contributed by atoms with van der Waals surface area (Å²) in [6.45, 7) is 3.04. The molecule has 1 atom stereocenters. The lowest BCUT2D eigenvalue weighted by Gasteiger charge is -2.33. The Morgan fingerprint density at radius 3 is 2.74 bits per heavy atom. The number of hydrogen-bond donors (Lipinski definition) is 1. The van der Waals surface area contributed by atoms with Crippen LogP contribution in [0.2, 0.25) is 0 Å². The fourth-order valence-electron chi connectivity index (χ4n) is 4.46. The lowest BCUT2D eigenvalue weighted by Crippen LogP contribution is -2.40. The van der Waals surface area contributed by atoms with Gasteiger partial charge in [0.1, 0.15) is 11.6 Å². The highest BCUT2D eigenvalue weighted by molar-refractivity contribution is 5.95. The van der Waals surface area contributed by atoms with Crippen molar-refractivity contribution in [1.29, 1.82) is 0 Å². The predicted octanol–water partition coefficient (Wildman–Crippen LogP) is 3.35. The molecule has 2 aliphatic rings. The van der Waals surface area contributed by atoms with Crippen molar-refractivity contribution in [3.63, 3.8) is 0 Å². The number of halogens is 1. The third kappa shape index (κ3) is 5.24. The number of nitrogens with one attached hydrogen (secondary N) is 1. The lowest BCUT2D eigenvalue weighted by molar-refractivity contribution is -0.132. The molecule has 0 aliphatic carbocycles. The molecule has 4 rings (SSSR count). The molecule has 2 aliphatic heterocycles. The highest BCUT2D eigenvalue weighted by atomic mass is 19.1. The maximum Gasteiger partial charge on any atom is 0.257 e. The highest BCUT2D eigenvalue weighted by Gasteiger charge is 2.30. The SMILES string of the molecule is O=C(CCOc1cccc(F)c1)N1CCC[C@H](c2[nH]ncc2C(=O)N2CCCCC2)C1. The lowest BCUT2D eigenvalue weighted by atomic mass is 9.92. The number of aromatic amines is 1. The van der Waals surface area contributed by atoms with Crippen molar-refractivity contribution in [3.8, 4) is 5.75 Å². The minimum absolute atomic E-state index is 0.00419. The van der Waals surface area contributed by atoms with E-state index in [-0.39, 0.29) is 36.6 Å². The number of hydrogen-bond acceptors (Lipinski definition) is 4. The van der Waals surface area contributed by atoms with E-state index in [9.17, 15) is 14.0 Å². The van der Waals surface area contributed by atoms with Gasteiger partial charge in [0.2, 0.25) is 5.91 Å². The summed E-state index contributed by atoms with van der Waals surface area (Å²) in [6, 6.07) is 5.91. The van der Waals surface area contributed by atoms with Crippen LogP contribution in [0.15, 0.2) is 30.5 Å². The standard InChI is InChI=1S/C23H29FN4O3/c24-18-7-4-8-19(14-18)31-13-9-21(29)28-12-5-6-17(16-28)22-20(15-25-26-22)23(30)27-10-2-1-3-11-27/h4,7-8,14-15,17H,1-3,5-6,9-13,16H2,(H,25,26)/t17-/m0/s1. The number of ether oxygens (including phenoxy) is 1. The van der Waals surface area contributed by atoms with Crippen LogP contribution in [0.4, 0.5) is 4.39 Å². The summed E-state index contributed by atoms with van der Waals surface area (Å²) in [5, 5.41) is 7.18. The minimum Gasteiger partial charge on any atom is -0.493 e. The van der Waals surface area contributed by atoms with E-state index in [1.807, 2.05) is 9.80 Å². The van der Waals surface area contributed by atoms with E-state index in [4.69, 9.17) is 4.74 Å². The molecule has 0 unspecified atom stereocenters. The number of carbonyl (C=O) groups excluding carboxylic acids is 2. The summed E-state index contributed by atoms with van der Waals surface area (Å²) in [5.74, 6) is 0.160. The second-order valence-corrected chi connectivity index (χ2v) is 8.28. The van der Waals surface area contributed by atoms with Crippen molar-refractivity contribution in [1.82, 2.24) is 20.0 Å². The normalized spacial score (nSPS) is 19.3. The van der Waals surface area contributed by atoms with E-state index in [1.54, 1.807) is 18.3 Å². The zero-order chi connectivity index (χ0) is 21.6. The number of H-pyrrole nitrogens is 1. The molecular formula is C23H29FN4O3.